The van der Waals surface area contributed by atoms with Gasteiger partial charge in [0.1, 0.15) is 0 Å². The topological polar surface area (TPSA) is 39.7 Å². The number of guanidine groups is 1. The zero-order valence-electron chi connectivity index (χ0n) is 14.0. The quantitative estimate of drug-likeness (QED) is 0.300. The van der Waals surface area contributed by atoms with E-state index in [1.807, 2.05) is 13.1 Å². The summed E-state index contributed by atoms with van der Waals surface area (Å²) in [6, 6.07) is 0.675. The molecule has 1 aliphatic heterocycles. The Labute approximate surface area is 153 Å². The number of hydrogen-bond acceptors (Lipinski definition) is 2. The van der Waals surface area contributed by atoms with Crippen molar-refractivity contribution in [2.45, 2.75) is 51.0 Å². The first-order valence-corrected chi connectivity index (χ1v) is 8.63. The number of aliphatic imine (C=N–C) groups is 1. The zero-order valence-corrected chi connectivity index (χ0v) is 16.4. The van der Waals surface area contributed by atoms with Crippen LogP contribution in [0.2, 0.25) is 0 Å². The molecule has 5 heteroatoms. The second-order valence-electron chi connectivity index (χ2n) is 6.42. The van der Waals surface area contributed by atoms with Crippen molar-refractivity contribution in [1.29, 1.82) is 0 Å². The van der Waals surface area contributed by atoms with Gasteiger partial charge in [0.25, 0.3) is 0 Å². The van der Waals surface area contributed by atoms with Crippen LogP contribution in [0, 0.1) is 5.92 Å². The average molecular weight is 420 g/mol. The van der Waals surface area contributed by atoms with Gasteiger partial charge in [-0.05, 0) is 38.1 Å². The van der Waals surface area contributed by atoms with E-state index in [0.717, 1.165) is 25.0 Å². The van der Waals surface area contributed by atoms with E-state index in [1.54, 1.807) is 0 Å². The average Bonchev–Trinajstić information content (AvgIpc) is 2.96. The van der Waals surface area contributed by atoms with Crippen LogP contribution in [0.15, 0.2) is 17.6 Å². The molecule has 2 aliphatic rings. The highest BCUT2D eigenvalue weighted by Crippen LogP contribution is 2.27. The van der Waals surface area contributed by atoms with Crippen LogP contribution in [0.5, 0.6) is 0 Å². The summed E-state index contributed by atoms with van der Waals surface area (Å²) < 4.78 is 0. The summed E-state index contributed by atoms with van der Waals surface area (Å²) in [5.41, 5.74) is 0. The second-order valence-corrected chi connectivity index (χ2v) is 6.42. The third-order valence-electron chi connectivity index (χ3n) is 4.86. The number of hydrogen-bond donors (Lipinski definition) is 2. The van der Waals surface area contributed by atoms with Crippen molar-refractivity contribution >= 4 is 29.9 Å². The number of nitrogens with one attached hydrogen (secondary N) is 2. The Kier molecular flexibility index (Phi) is 10.1. The Morgan fingerprint density at radius 1 is 1.18 bits per heavy atom. The highest BCUT2D eigenvalue weighted by Gasteiger charge is 2.27. The van der Waals surface area contributed by atoms with Crippen molar-refractivity contribution in [3.8, 4) is 0 Å². The number of rotatable bonds is 6. The Morgan fingerprint density at radius 2 is 1.95 bits per heavy atom. The predicted molar refractivity (Wildman–Crippen MR) is 106 cm³/mol. The molecule has 4 nitrogen and oxygen atoms in total. The Bertz CT molecular complexity index is 340. The van der Waals surface area contributed by atoms with Crippen molar-refractivity contribution in [1.82, 2.24) is 15.5 Å². The molecule has 22 heavy (non-hydrogen) atoms. The molecule has 1 heterocycles. The number of nitrogens with zero attached hydrogens (tertiary/aromatic N) is 2. The van der Waals surface area contributed by atoms with Gasteiger partial charge in [-0.3, -0.25) is 9.89 Å². The summed E-state index contributed by atoms with van der Waals surface area (Å²) in [6.45, 7) is 8.08. The maximum Gasteiger partial charge on any atom is 0.191 e. The molecular formula is C17H33IN4. The first kappa shape index (κ1) is 19.7. The van der Waals surface area contributed by atoms with Gasteiger partial charge in [-0.15, -0.1) is 30.6 Å². The monoisotopic (exact) mass is 420 g/mol. The maximum absolute atomic E-state index is 4.26. The molecule has 1 aliphatic carbocycles. The smallest absolute Gasteiger partial charge is 0.191 e. The van der Waals surface area contributed by atoms with Crippen molar-refractivity contribution in [3.63, 3.8) is 0 Å². The Hall–Kier alpha value is -0.300. The molecule has 0 spiro atoms. The number of halogens is 1. The van der Waals surface area contributed by atoms with Crippen molar-refractivity contribution in [2.75, 3.05) is 33.2 Å². The molecule has 1 atom stereocenters. The second kappa shape index (κ2) is 11.3. The SMILES string of the molecule is C=CCNC(=NC)NCC1CCCN1CC1CCCCC1.I. The molecule has 0 aromatic rings. The first-order chi connectivity index (χ1) is 10.3. The van der Waals surface area contributed by atoms with Gasteiger partial charge in [-0.25, -0.2) is 0 Å². The molecule has 0 aromatic carbocycles. The van der Waals surface area contributed by atoms with Crippen LogP contribution < -0.4 is 10.6 Å². The minimum Gasteiger partial charge on any atom is -0.355 e. The molecule has 2 rings (SSSR count). The first-order valence-electron chi connectivity index (χ1n) is 8.63. The van der Waals surface area contributed by atoms with E-state index in [9.17, 15) is 0 Å². The molecule has 2 N–H and O–H groups in total. The predicted octanol–water partition coefficient (Wildman–Crippen LogP) is 3.00. The van der Waals surface area contributed by atoms with Crippen LogP contribution >= 0.6 is 24.0 Å². The van der Waals surface area contributed by atoms with E-state index in [4.69, 9.17) is 0 Å². The van der Waals surface area contributed by atoms with Crippen LogP contribution in [0.4, 0.5) is 0 Å². The summed E-state index contributed by atoms with van der Waals surface area (Å²) in [6.07, 6.45) is 11.7. The lowest BCUT2D eigenvalue weighted by Gasteiger charge is -2.31. The molecule has 0 aromatic heterocycles. The molecule has 0 amide bonds. The highest BCUT2D eigenvalue weighted by molar-refractivity contribution is 14.0. The van der Waals surface area contributed by atoms with Gasteiger partial charge in [0.05, 0.1) is 0 Å². The summed E-state index contributed by atoms with van der Waals surface area (Å²) >= 11 is 0. The van der Waals surface area contributed by atoms with Gasteiger partial charge in [0, 0.05) is 32.7 Å². The Balaban J connectivity index is 0.00000242. The fourth-order valence-electron chi connectivity index (χ4n) is 3.67. The van der Waals surface area contributed by atoms with Crippen molar-refractivity contribution < 1.29 is 0 Å². The van der Waals surface area contributed by atoms with Gasteiger partial charge < -0.3 is 10.6 Å². The van der Waals surface area contributed by atoms with Crippen LogP contribution in [0.1, 0.15) is 44.9 Å². The lowest BCUT2D eigenvalue weighted by Crippen LogP contribution is -2.46. The third-order valence-corrected chi connectivity index (χ3v) is 4.86. The van der Waals surface area contributed by atoms with E-state index in [1.165, 1.54) is 58.0 Å². The van der Waals surface area contributed by atoms with Crippen LogP contribution in [-0.4, -0.2) is 50.1 Å². The largest absolute Gasteiger partial charge is 0.355 e. The lowest BCUT2D eigenvalue weighted by molar-refractivity contribution is 0.188. The standard InChI is InChI=1S/C17H32N4.HI/c1-3-11-19-17(18-2)20-13-16-10-7-12-21(16)14-15-8-5-4-6-9-15;/h3,15-16H,1,4-14H2,2H3,(H2,18,19,20);1H. The minimum absolute atomic E-state index is 0. The van der Waals surface area contributed by atoms with Crippen LogP contribution in [-0.2, 0) is 0 Å². The van der Waals surface area contributed by atoms with E-state index < -0.39 is 0 Å². The fraction of sp³-hybridized carbons (Fsp3) is 0.824. The zero-order chi connectivity index (χ0) is 14.9. The van der Waals surface area contributed by atoms with Crippen LogP contribution in [0.25, 0.3) is 0 Å². The van der Waals surface area contributed by atoms with E-state index in [0.29, 0.717) is 6.04 Å². The summed E-state index contributed by atoms with van der Waals surface area (Å²) in [5, 5.41) is 6.70. The molecular weight excluding hydrogens is 387 g/mol. The summed E-state index contributed by atoms with van der Waals surface area (Å²) in [7, 11) is 1.83. The van der Waals surface area contributed by atoms with E-state index in [-0.39, 0.29) is 24.0 Å². The molecule has 0 bridgehead atoms. The van der Waals surface area contributed by atoms with Gasteiger partial charge in [-0.1, -0.05) is 25.3 Å². The molecule has 2 fully saturated rings. The third kappa shape index (κ3) is 6.44. The normalized spacial score (nSPS) is 23.9. The van der Waals surface area contributed by atoms with Crippen molar-refractivity contribution in [3.05, 3.63) is 12.7 Å². The highest BCUT2D eigenvalue weighted by atomic mass is 127. The van der Waals surface area contributed by atoms with E-state index >= 15 is 0 Å². The molecule has 128 valence electrons. The Morgan fingerprint density at radius 3 is 2.64 bits per heavy atom. The molecule has 1 saturated carbocycles. The van der Waals surface area contributed by atoms with Crippen molar-refractivity contribution in [2.24, 2.45) is 10.9 Å². The lowest BCUT2D eigenvalue weighted by atomic mass is 9.89. The minimum atomic E-state index is 0. The summed E-state index contributed by atoms with van der Waals surface area (Å²) in [5.74, 6) is 1.83. The fourth-order valence-corrected chi connectivity index (χ4v) is 3.67. The molecule has 0 radical (unpaired) electrons. The van der Waals surface area contributed by atoms with E-state index in [2.05, 4.69) is 27.1 Å². The maximum atomic E-state index is 4.26. The van der Waals surface area contributed by atoms with Gasteiger partial charge in [0.15, 0.2) is 5.96 Å². The van der Waals surface area contributed by atoms with Gasteiger partial charge in [-0.2, -0.15) is 0 Å². The van der Waals surface area contributed by atoms with Crippen LogP contribution in [0.3, 0.4) is 0 Å². The molecule has 1 unspecified atom stereocenters. The van der Waals surface area contributed by atoms with Gasteiger partial charge in [0.2, 0.25) is 0 Å². The van der Waals surface area contributed by atoms with Gasteiger partial charge >= 0.3 is 0 Å². The summed E-state index contributed by atoms with van der Waals surface area (Å²) in [4.78, 5) is 6.97. The number of likely N-dealkylation sites (tertiary alicyclic amines) is 1. The molecule has 1 saturated heterocycles.